The lowest BCUT2D eigenvalue weighted by molar-refractivity contribution is 0.300. The molecule has 0 aliphatic carbocycles. The molecule has 1 unspecified atom stereocenters. The first-order chi connectivity index (χ1) is 5.44. The van der Waals surface area contributed by atoms with Crippen LogP contribution in [0.25, 0.3) is 0 Å². The van der Waals surface area contributed by atoms with Crippen molar-refractivity contribution in [3.8, 4) is 0 Å². The first-order valence-electron chi connectivity index (χ1n) is 4.76. The molecule has 0 rings (SSSR count). The van der Waals surface area contributed by atoms with Crippen molar-refractivity contribution in [2.75, 3.05) is 0 Å². The van der Waals surface area contributed by atoms with E-state index in [1.54, 1.807) is 0 Å². The molecule has 0 spiro atoms. The number of hydrogen-bond donors (Lipinski definition) is 0. The van der Waals surface area contributed by atoms with Crippen molar-refractivity contribution in [3.05, 3.63) is 0 Å². The lowest BCUT2D eigenvalue weighted by Gasteiger charge is -2.29. The Hall–Kier alpha value is 0.100. The molecular weight excluding hydrogens is 167 g/mol. The van der Waals surface area contributed by atoms with Crippen LogP contribution in [0, 0.1) is 11.3 Å². The van der Waals surface area contributed by atoms with Crippen LogP contribution in [0.5, 0.6) is 0 Å². The Morgan fingerprint density at radius 2 is 1.83 bits per heavy atom. The molecule has 0 heterocycles. The monoisotopic (exact) mass is 188 g/mol. The van der Waals surface area contributed by atoms with Gasteiger partial charge in [0.15, 0.2) is 8.46 Å². The lowest BCUT2D eigenvalue weighted by atomic mass is 9.82. The molecule has 12 heavy (non-hydrogen) atoms. The van der Waals surface area contributed by atoms with Crippen molar-refractivity contribution < 1.29 is 4.57 Å². The quantitative estimate of drug-likeness (QED) is 0.593. The molecule has 0 aromatic carbocycles. The van der Waals surface area contributed by atoms with Gasteiger partial charge in [-0.25, -0.2) is 0 Å². The van der Waals surface area contributed by atoms with Gasteiger partial charge in [0.25, 0.3) is 0 Å². The fourth-order valence-electron chi connectivity index (χ4n) is 1.19. The summed E-state index contributed by atoms with van der Waals surface area (Å²) in [5, 5.41) is 0. The van der Waals surface area contributed by atoms with E-state index in [0.717, 1.165) is 12.8 Å². The molecule has 0 fully saturated rings. The second-order valence-corrected chi connectivity index (χ2v) is 5.43. The van der Waals surface area contributed by atoms with Gasteiger partial charge in [-0.1, -0.05) is 34.6 Å². The SMILES string of the molecule is CCC(C)(C)C(CC(C)C)P=O. The van der Waals surface area contributed by atoms with Crippen LogP contribution < -0.4 is 0 Å². The maximum absolute atomic E-state index is 10.9. The van der Waals surface area contributed by atoms with Gasteiger partial charge in [-0.2, -0.15) is 0 Å². The summed E-state index contributed by atoms with van der Waals surface area (Å²) in [6.07, 6.45) is 2.16. The zero-order valence-electron chi connectivity index (χ0n) is 8.92. The summed E-state index contributed by atoms with van der Waals surface area (Å²) in [5.74, 6) is 0.641. The molecule has 0 saturated carbocycles. The van der Waals surface area contributed by atoms with Crippen LogP contribution in [-0.2, 0) is 4.57 Å². The topological polar surface area (TPSA) is 17.1 Å². The highest BCUT2D eigenvalue weighted by Gasteiger charge is 2.28. The summed E-state index contributed by atoms with van der Waals surface area (Å²) >= 11 is 0. The Balaban J connectivity index is 4.23. The molecule has 0 bridgehead atoms. The summed E-state index contributed by atoms with van der Waals surface area (Å²) in [6.45, 7) is 10.9. The molecule has 1 nitrogen and oxygen atoms in total. The molecule has 0 N–H and O–H groups in total. The van der Waals surface area contributed by atoms with Crippen LogP contribution in [0.2, 0.25) is 0 Å². The first kappa shape index (κ1) is 12.1. The Kier molecular flexibility index (Phi) is 5.01. The predicted molar refractivity (Wildman–Crippen MR) is 54.9 cm³/mol. The third kappa shape index (κ3) is 3.67. The largest absolute Gasteiger partial charge is 0.275 e. The van der Waals surface area contributed by atoms with Crippen LogP contribution in [0.3, 0.4) is 0 Å². The van der Waals surface area contributed by atoms with E-state index in [1.165, 1.54) is 0 Å². The van der Waals surface area contributed by atoms with Crippen LogP contribution in [0.15, 0.2) is 0 Å². The van der Waals surface area contributed by atoms with E-state index in [9.17, 15) is 4.57 Å². The lowest BCUT2D eigenvalue weighted by Crippen LogP contribution is -2.25. The molecule has 0 aliphatic heterocycles. The maximum Gasteiger partial charge on any atom is 0.159 e. The fraction of sp³-hybridized carbons (Fsp3) is 1.00. The van der Waals surface area contributed by atoms with Crippen LogP contribution >= 0.6 is 8.46 Å². The van der Waals surface area contributed by atoms with Crippen molar-refractivity contribution in [3.63, 3.8) is 0 Å². The summed E-state index contributed by atoms with van der Waals surface area (Å²) < 4.78 is 10.9. The fourth-order valence-corrected chi connectivity index (χ4v) is 2.16. The Morgan fingerprint density at radius 1 is 1.33 bits per heavy atom. The molecule has 72 valence electrons. The van der Waals surface area contributed by atoms with Gasteiger partial charge in [-0.15, -0.1) is 0 Å². The second-order valence-electron chi connectivity index (χ2n) is 4.59. The predicted octanol–water partition coefficient (Wildman–Crippen LogP) is 4.13. The van der Waals surface area contributed by atoms with Crippen LogP contribution in [0.4, 0.5) is 0 Å². The number of rotatable bonds is 5. The highest BCUT2D eigenvalue weighted by Crippen LogP contribution is 2.36. The molecule has 0 saturated heterocycles. The minimum atomic E-state index is 0.216. The van der Waals surface area contributed by atoms with Gasteiger partial charge in [0.1, 0.15) is 0 Å². The van der Waals surface area contributed by atoms with Gasteiger partial charge >= 0.3 is 0 Å². The van der Waals surface area contributed by atoms with E-state index in [4.69, 9.17) is 0 Å². The van der Waals surface area contributed by atoms with E-state index in [-0.39, 0.29) is 5.41 Å². The zero-order chi connectivity index (χ0) is 9.78. The molecule has 0 radical (unpaired) electrons. The van der Waals surface area contributed by atoms with Gasteiger partial charge in [0.2, 0.25) is 0 Å². The third-order valence-corrected chi connectivity index (χ3v) is 3.80. The standard InChI is InChI=1S/C10H21OP/c1-6-10(4,5)9(12-11)7-8(2)3/h8-9H,6-7H2,1-5H3. The Morgan fingerprint density at radius 3 is 2.08 bits per heavy atom. The summed E-state index contributed by atoms with van der Waals surface area (Å²) in [6, 6.07) is 0. The summed E-state index contributed by atoms with van der Waals surface area (Å²) in [5.41, 5.74) is 0.538. The third-order valence-electron chi connectivity index (χ3n) is 2.64. The van der Waals surface area contributed by atoms with E-state index in [1.807, 2.05) is 0 Å². The van der Waals surface area contributed by atoms with Crippen molar-refractivity contribution in [1.29, 1.82) is 0 Å². The van der Waals surface area contributed by atoms with E-state index in [2.05, 4.69) is 34.6 Å². The van der Waals surface area contributed by atoms with Gasteiger partial charge in [0.05, 0.1) is 0 Å². The normalized spacial score (nSPS) is 15.5. The molecule has 0 aliphatic rings. The molecular formula is C10H21OP. The number of hydrogen-bond acceptors (Lipinski definition) is 1. The molecule has 2 heteroatoms. The molecule has 0 aromatic rings. The van der Waals surface area contributed by atoms with E-state index >= 15 is 0 Å². The Bertz CT molecular complexity index is 141. The maximum atomic E-state index is 10.9. The van der Waals surface area contributed by atoms with Gasteiger partial charge in [0, 0.05) is 5.66 Å². The summed E-state index contributed by atoms with van der Waals surface area (Å²) in [4.78, 5) is 0. The average molecular weight is 188 g/mol. The summed E-state index contributed by atoms with van der Waals surface area (Å²) in [7, 11) is 0.315. The zero-order valence-corrected chi connectivity index (χ0v) is 9.82. The van der Waals surface area contributed by atoms with Crippen molar-refractivity contribution in [2.45, 2.75) is 53.1 Å². The van der Waals surface area contributed by atoms with Crippen molar-refractivity contribution in [2.24, 2.45) is 11.3 Å². The van der Waals surface area contributed by atoms with Gasteiger partial charge in [-0.05, 0) is 24.2 Å². The minimum absolute atomic E-state index is 0.216. The second kappa shape index (κ2) is 4.97. The molecule has 0 aromatic heterocycles. The van der Waals surface area contributed by atoms with Gasteiger partial charge < -0.3 is 0 Å². The average Bonchev–Trinajstić information content (AvgIpc) is 1.99. The van der Waals surface area contributed by atoms with Crippen LogP contribution in [-0.4, -0.2) is 5.66 Å². The van der Waals surface area contributed by atoms with E-state index < -0.39 is 0 Å². The van der Waals surface area contributed by atoms with Crippen molar-refractivity contribution in [1.82, 2.24) is 0 Å². The smallest absolute Gasteiger partial charge is 0.159 e. The molecule has 1 atom stereocenters. The highest BCUT2D eigenvalue weighted by molar-refractivity contribution is 7.24. The molecule has 0 amide bonds. The minimum Gasteiger partial charge on any atom is -0.275 e. The Labute approximate surface area is 78.1 Å². The van der Waals surface area contributed by atoms with Gasteiger partial charge in [-0.3, -0.25) is 4.57 Å². The van der Waals surface area contributed by atoms with Crippen LogP contribution in [0.1, 0.15) is 47.5 Å². The first-order valence-corrected chi connectivity index (χ1v) is 5.64. The van der Waals surface area contributed by atoms with Crippen molar-refractivity contribution >= 4 is 8.46 Å². The van der Waals surface area contributed by atoms with E-state index in [0.29, 0.717) is 20.0 Å². The highest BCUT2D eigenvalue weighted by atomic mass is 31.1.